The highest BCUT2D eigenvalue weighted by Crippen LogP contribution is 2.30. The second-order valence-corrected chi connectivity index (χ2v) is 6.20. The fraction of sp³-hybridized carbons (Fsp3) is 0.136. The average Bonchev–Trinajstić information content (AvgIpc) is 3.26. The second-order valence-electron chi connectivity index (χ2n) is 6.20. The van der Waals surface area contributed by atoms with Gasteiger partial charge in [-0.2, -0.15) is 0 Å². The number of benzene rings is 2. The summed E-state index contributed by atoms with van der Waals surface area (Å²) in [6, 6.07) is 16.2. The van der Waals surface area contributed by atoms with Crippen LogP contribution in [0.4, 0.5) is 5.69 Å². The summed E-state index contributed by atoms with van der Waals surface area (Å²) in [5.74, 6) is 1.53. The maximum Gasteiger partial charge on any atom is 0.277 e. The Hall–Kier alpha value is -3.87. The number of nitrogens with one attached hydrogen (secondary N) is 1. The van der Waals surface area contributed by atoms with Crippen molar-refractivity contribution in [3.8, 4) is 22.8 Å². The van der Waals surface area contributed by atoms with Crippen molar-refractivity contribution in [1.82, 2.24) is 10.1 Å². The summed E-state index contributed by atoms with van der Waals surface area (Å²) in [6.07, 6.45) is 1.69. The number of fused-ring (bicyclic) bond motifs is 1. The summed E-state index contributed by atoms with van der Waals surface area (Å²) in [6.45, 7) is 2.44. The van der Waals surface area contributed by atoms with Gasteiger partial charge in [0.2, 0.25) is 0 Å². The molecule has 0 aliphatic heterocycles. The van der Waals surface area contributed by atoms with E-state index in [4.69, 9.17) is 14.0 Å². The molecule has 0 aliphatic rings. The first-order valence-electron chi connectivity index (χ1n) is 9.12. The predicted molar refractivity (Wildman–Crippen MR) is 109 cm³/mol. The van der Waals surface area contributed by atoms with E-state index >= 15 is 0 Å². The van der Waals surface area contributed by atoms with Gasteiger partial charge >= 0.3 is 0 Å². The lowest BCUT2D eigenvalue weighted by Crippen LogP contribution is -2.12. The van der Waals surface area contributed by atoms with Gasteiger partial charge in [-0.05, 0) is 55.5 Å². The summed E-state index contributed by atoms with van der Waals surface area (Å²) in [5.41, 5.74) is 2.29. The zero-order chi connectivity index (χ0) is 20.2. The van der Waals surface area contributed by atoms with Crippen LogP contribution in [0.5, 0.6) is 11.5 Å². The Morgan fingerprint density at radius 2 is 1.97 bits per heavy atom. The van der Waals surface area contributed by atoms with Crippen molar-refractivity contribution in [3.63, 3.8) is 0 Å². The van der Waals surface area contributed by atoms with Gasteiger partial charge in [0, 0.05) is 23.2 Å². The van der Waals surface area contributed by atoms with Crippen LogP contribution in [0.3, 0.4) is 0 Å². The Balaban J connectivity index is 1.59. The van der Waals surface area contributed by atoms with E-state index in [0.29, 0.717) is 29.3 Å². The monoisotopic (exact) mass is 389 g/mol. The van der Waals surface area contributed by atoms with Gasteiger partial charge in [0.1, 0.15) is 17.0 Å². The van der Waals surface area contributed by atoms with E-state index in [1.54, 1.807) is 31.5 Å². The molecule has 0 bridgehead atoms. The molecule has 7 heteroatoms. The quantitative estimate of drug-likeness (QED) is 0.521. The highest BCUT2D eigenvalue weighted by Gasteiger charge is 2.16. The van der Waals surface area contributed by atoms with Gasteiger partial charge < -0.3 is 19.3 Å². The Kier molecular flexibility index (Phi) is 5.11. The molecular formula is C22H19N3O4. The zero-order valence-electron chi connectivity index (χ0n) is 16.0. The number of hydrogen-bond acceptors (Lipinski definition) is 6. The molecule has 4 rings (SSSR count). The van der Waals surface area contributed by atoms with Crippen LogP contribution >= 0.6 is 0 Å². The number of aromatic nitrogens is 2. The summed E-state index contributed by atoms with van der Waals surface area (Å²) < 4.78 is 16.1. The van der Waals surface area contributed by atoms with Crippen LogP contribution in [0.25, 0.3) is 22.2 Å². The molecule has 0 saturated carbocycles. The maximum atomic E-state index is 12.7. The number of pyridine rings is 1. The predicted octanol–water partition coefficient (Wildman–Crippen LogP) is 4.55. The van der Waals surface area contributed by atoms with E-state index in [0.717, 1.165) is 16.7 Å². The summed E-state index contributed by atoms with van der Waals surface area (Å²) >= 11 is 0. The van der Waals surface area contributed by atoms with Crippen LogP contribution in [0.2, 0.25) is 0 Å². The number of carbonyl (C=O) groups excluding carboxylic acids is 1. The molecular weight excluding hydrogens is 370 g/mol. The van der Waals surface area contributed by atoms with Crippen LogP contribution in [0.15, 0.2) is 65.3 Å². The minimum atomic E-state index is -0.372. The smallest absolute Gasteiger partial charge is 0.277 e. The van der Waals surface area contributed by atoms with Gasteiger partial charge in [-0.25, -0.2) is 0 Å². The van der Waals surface area contributed by atoms with Crippen molar-refractivity contribution >= 4 is 22.5 Å². The minimum Gasteiger partial charge on any atom is -0.497 e. The molecule has 2 aromatic carbocycles. The average molecular weight is 389 g/mol. The summed E-state index contributed by atoms with van der Waals surface area (Å²) in [7, 11) is 1.60. The summed E-state index contributed by atoms with van der Waals surface area (Å²) in [5, 5.41) is 7.56. The molecule has 2 heterocycles. The van der Waals surface area contributed by atoms with Crippen LogP contribution in [0, 0.1) is 0 Å². The van der Waals surface area contributed by atoms with E-state index in [2.05, 4.69) is 15.5 Å². The Morgan fingerprint density at radius 3 is 2.72 bits per heavy atom. The van der Waals surface area contributed by atoms with E-state index in [1.165, 1.54) is 0 Å². The third-order valence-corrected chi connectivity index (χ3v) is 4.40. The first-order valence-corrected chi connectivity index (χ1v) is 9.12. The molecule has 0 atom stereocenters. The highest BCUT2D eigenvalue weighted by molar-refractivity contribution is 6.08. The van der Waals surface area contributed by atoms with Gasteiger partial charge in [0.25, 0.3) is 5.91 Å². The molecule has 0 aliphatic carbocycles. The van der Waals surface area contributed by atoms with Gasteiger partial charge in [-0.15, -0.1) is 0 Å². The van der Waals surface area contributed by atoms with E-state index < -0.39 is 0 Å². The van der Waals surface area contributed by atoms with Crippen molar-refractivity contribution in [3.05, 3.63) is 66.5 Å². The molecule has 1 N–H and O–H groups in total. The standard InChI is InChI=1S/C22H19N3O4/c1-3-28-19-11-10-17(16-5-4-12-23-21(16)19)24-22(26)18-13-20(29-25-18)14-6-8-15(27-2)9-7-14/h4-13H,3H2,1-2H3,(H,24,26). The van der Waals surface area contributed by atoms with E-state index in [9.17, 15) is 4.79 Å². The fourth-order valence-corrected chi connectivity index (χ4v) is 2.99. The number of methoxy groups -OCH3 is 1. The van der Waals surface area contributed by atoms with Gasteiger partial charge in [0.15, 0.2) is 11.5 Å². The van der Waals surface area contributed by atoms with E-state index in [1.807, 2.05) is 43.3 Å². The number of anilines is 1. The van der Waals surface area contributed by atoms with Crippen molar-refractivity contribution < 1.29 is 18.8 Å². The molecule has 0 fully saturated rings. The lowest BCUT2D eigenvalue weighted by molar-refractivity contribution is 0.101. The molecule has 146 valence electrons. The molecule has 4 aromatic rings. The molecule has 1 amide bonds. The van der Waals surface area contributed by atoms with Gasteiger partial charge in [0.05, 0.1) is 19.4 Å². The molecule has 7 nitrogen and oxygen atoms in total. The summed E-state index contributed by atoms with van der Waals surface area (Å²) in [4.78, 5) is 17.1. The number of nitrogens with zero attached hydrogens (tertiary/aromatic N) is 2. The normalized spacial score (nSPS) is 10.7. The topological polar surface area (TPSA) is 86.5 Å². The third kappa shape index (κ3) is 3.75. The van der Waals surface area contributed by atoms with Crippen molar-refractivity contribution in [2.75, 3.05) is 19.0 Å². The maximum absolute atomic E-state index is 12.7. The molecule has 0 radical (unpaired) electrons. The number of rotatable bonds is 6. The van der Waals surface area contributed by atoms with Crippen LogP contribution in [-0.2, 0) is 0 Å². The largest absolute Gasteiger partial charge is 0.497 e. The number of carbonyl (C=O) groups is 1. The second kappa shape index (κ2) is 8.02. The molecule has 0 spiro atoms. The lowest BCUT2D eigenvalue weighted by Gasteiger charge is -2.11. The Labute approximate surface area is 167 Å². The first-order chi connectivity index (χ1) is 14.2. The van der Waals surface area contributed by atoms with Crippen molar-refractivity contribution in [2.24, 2.45) is 0 Å². The highest BCUT2D eigenvalue weighted by atomic mass is 16.5. The van der Waals surface area contributed by atoms with Crippen LogP contribution in [-0.4, -0.2) is 29.8 Å². The number of ether oxygens (including phenoxy) is 2. The van der Waals surface area contributed by atoms with Crippen molar-refractivity contribution in [1.29, 1.82) is 0 Å². The molecule has 0 saturated heterocycles. The van der Waals surface area contributed by atoms with Gasteiger partial charge in [-0.3, -0.25) is 9.78 Å². The van der Waals surface area contributed by atoms with E-state index in [-0.39, 0.29) is 11.6 Å². The number of hydrogen-bond donors (Lipinski definition) is 1. The number of amides is 1. The fourth-order valence-electron chi connectivity index (χ4n) is 2.99. The lowest BCUT2D eigenvalue weighted by atomic mass is 10.1. The Morgan fingerprint density at radius 1 is 1.14 bits per heavy atom. The SMILES string of the molecule is CCOc1ccc(NC(=O)c2cc(-c3ccc(OC)cc3)on2)c2cccnc12. The first kappa shape index (κ1) is 18.5. The molecule has 0 unspecified atom stereocenters. The Bertz CT molecular complexity index is 1150. The van der Waals surface area contributed by atoms with Crippen LogP contribution < -0.4 is 14.8 Å². The van der Waals surface area contributed by atoms with Crippen LogP contribution in [0.1, 0.15) is 17.4 Å². The van der Waals surface area contributed by atoms with Gasteiger partial charge in [-0.1, -0.05) is 5.16 Å². The molecule has 29 heavy (non-hydrogen) atoms. The zero-order valence-corrected chi connectivity index (χ0v) is 16.0. The molecule has 2 aromatic heterocycles. The third-order valence-electron chi connectivity index (χ3n) is 4.40. The minimum absolute atomic E-state index is 0.182. The van der Waals surface area contributed by atoms with Crippen molar-refractivity contribution in [2.45, 2.75) is 6.92 Å².